The fourth-order valence-corrected chi connectivity index (χ4v) is 4.28. The van der Waals surface area contributed by atoms with Crippen LogP contribution in [0.5, 0.6) is 0 Å². The Labute approximate surface area is 142 Å². The van der Waals surface area contributed by atoms with Crippen LogP contribution in [-0.2, 0) is 19.1 Å². The molecule has 3 rings (SSSR count). The first-order chi connectivity index (χ1) is 11.2. The summed E-state index contributed by atoms with van der Waals surface area (Å²) in [6.07, 6.45) is 0.899. The van der Waals surface area contributed by atoms with Crippen molar-refractivity contribution in [3.63, 3.8) is 0 Å². The SMILES string of the molecule is CCOC(=O)N1CCN(C(=O)[C@]23CC[C@@](C)(C(=O)O2)C3(C)C)CC1. The molecule has 24 heavy (non-hydrogen) atoms. The summed E-state index contributed by atoms with van der Waals surface area (Å²) in [5.74, 6) is -0.386. The highest BCUT2D eigenvalue weighted by molar-refractivity contribution is 5.96. The van der Waals surface area contributed by atoms with E-state index in [4.69, 9.17) is 9.47 Å². The van der Waals surface area contributed by atoms with Crippen molar-refractivity contribution in [2.45, 2.75) is 46.1 Å². The zero-order chi connectivity index (χ0) is 17.8. The molecule has 0 N–H and O–H groups in total. The van der Waals surface area contributed by atoms with E-state index < -0.39 is 16.4 Å². The van der Waals surface area contributed by atoms with E-state index in [1.54, 1.807) is 16.7 Å². The third-order valence-corrected chi connectivity index (χ3v) is 6.52. The first-order valence-electron chi connectivity index (χ1n) is 8.64. The first kappa shape index (κ1) is 17.0. The Hall–Kier alpha value is -1.79. The molecule has 3 fully saturated rings. The predicted octanol–water partition coefficient (Wildman–Crippen LogP) is 1.41. The summed E-state index contributed by atoms with van der Waals surface area (Å²) in [5.41, 5.74) is -2.20. The number of nitrogens with zero attached hydrogens (tertiary/aromatic N) is 2. The average molecular weight is 338 g/mol. The van der Waals surface area contributed by atoms with E-state index in [0.717, 1.165) is 0 Å². The fourth-order valence-electron chi connectivity index (χ4n) is 4.28. The molecule has 0 radical (unpaired) electrons. The van der Waals surface area contributed by atoms with Gasteiger partial charge in [-0.2, -0.15) is 0 Å². The van der Waals surface area contributed by atoms with Crippen molar-refractivity contribution in [3.05, 3.63) is 0 Å². The summed E-state index contributed by atoms with van der Waals surface area (Å²) in [5, 5.41) is 0. The molecule has 7 nitrogen and oxygen atoms in total. The van der Waals surface area contributed by atoms with Crippen LogP contribution in [0, 0.1) is 10.8 Å². The van der Waals surface area contributed by atoms with Gasteiger partial charge in [-0.1, -0.05) is 13.8 Å². The number of ether oxygens (including phenoxy) is 2. The fraction of sp³-hybridized carbons (Fsp3) is 0.824. The summed E-state index contributed by atoms with van der Waals surface area (Å²) in [7, 11) is 0. The van der Waals surface area contributed by atoms with Gasteiger partial charge in [0, 0.05) is 31.6 Å². The van der Waals surface area contributed by atoms with Gasteiger partial charge in [0.15, 0.2) is 5.60 Å². The number of hydrogen-bond acceptors (Lipinski definition) is 5. The van der Waals surface area contributed by atoms with Crippen LogP contribution >= 0.6 is 0 Å². The Balaban J connectivity index is 1.73. The Kier molecular flexibility index (Phi) is 3.81. The molecule has 0 spiro atoms. The van der Waals surface area contributed by atoms with Gasteiger partial charge in [-0.25, -0.2) is 4.79 Å². The zero-order valence-electron chi connectivity index (χ0n) is 14.9. The summed E-state index contributed by atoms with van der Waals surface area (Å²) >= 11 is 0. The minimum atomic E-state index is -1.06. The van der Waals surface area contributed by atoms with Crippen LogP contribution in [0.3, 0.4) is 0 Å². The molecule has 2 heterocycles. The molecule has 2 amide bonds. The number of esters is 1. The number of rotatable bonds is 2. The molecular weight excluding hydrogens is 312 g/mol. The summed E-state index contributed by atoms with van der Waals surface area (Å²) in [6, 6.07) is 0. The Morgan fingerprint density at radius 3 is 2.12 bits per heavy atom. The highest BCUT2D eigenvalue weighted by Gasteiger charge is 2.76. The second kappa shape index (κ2) is 5.36. The minimum Gasteiger partial charge on any atom is -0.450 e. The standard InChI is InChI=1S/C17H26N2O5/c1-5-23-14(22)19-10-8-18(9-11-19)12(20)17-7-6-16(4,13(21)24-17)15(17,2)3/h5-11H2,1-4H3/t16-,17-/m0/s1. The van der Waals surface area contributed by atoms with Gasteiger partial charge in [-0.15, -0.1) is 0 Å². The van der Waals surface area contributed by atoms with E-state index in [0.29, 0.717) is 45.6 Å². The Morgan fingerprint density at radius 1 is 1.08 bits per heavy atom. The van der Waals surface area contributed by atoms with Gasteiger partial charge in [0.2, 0.25) is 0 Å². The first-order valence-corrected chi connectivity index (χ1v) is 8.64. The highest BCUT2D eigenvalue weighted by Crippen LogP contribution is 2.65. The molecule has 0 unspecified atom stereocenters. The molecule has 2 saturated heterocycles. The van der Waals surface area contributed by atoms with Gasteiger partial charge in [0.05, 0.1) is 12.0 Å². The predicted molar refractivity (Wildman–Crippen MR) is 85.1 cm³/mol. The van der Waals surface area contributed by atoms with E-state index in [-0.39, 0.29) is 18.0 Å². The maximum Gasteiger partial charge on any atom is 0.409 e. The van der Waals surface area contributed by atoms with Crippen molar-refractivity contribution in [3.8, 4) is 0 Å². The van der Waals surface area contributed by atoms with Crippen molar-refractivity contribution in [2.75, 3.05) is 32.8 Å². The van der Waals surface area contributed by atoms with Crippen LogP contribution in [-0.4, -0.2) is 66.2 Å². The highest BCUT2D eigenvalue weighted by atomic mass is 16.6. The molecule has 0 aromatic heterocycles. The molecule has 1 saturated carbocycles. The molecule has 0 aromatic carbocycles. The Morgan fingerprint density at radius 2 is 1.67 bits per heavy atom. The van der Waals surface area contributed by atoms with E-state index in [2.05, 4.69) is 0 Å². The number of fused-ring (bicyclic) bond motifs is 2. The van der Waals surface area contributed by atoms with Crippen LogP contribution in [0.4, 0.5) is 4.79 Å². The third-order valence-electron chi connectivity index (χ3n) is 6.52. The van der Waals surface area contributed by atoms with Crippen LogP contribution in [0.15, 0.2) is 0 Å². The second-order valence-corrected chi connectivity index (χ2v) is 7.65. The van der Waals surface area contributed by atoms with Crippen LogP contribution in [0.25, 0.3) is 0 Å². The lowest BCUT2D eigenvalue weighted by molar-refractivity contribution is -0.174. The second-order valence-electron chi connectivity index (χ2n) is 7.65. The number of hydrogen-bond donors (Lipinski definition) is 0. The van der Waals surface area contributed by atoms with E-state index in [1.807, 2.05) is 20.8 Å². The number of piperazine rings is 1. The van der Waals surface area contributed by atoms with E-state index in [1.165, 1.54) is 0 Å². The average Bonchev–Trinajstić information content (AvgIpc) is 2.85. The summed E-state index contributed by atoms with van der Waals surface area (Å²) in [4.78, 5) is 40.6. The molecule has 7 heteroatoms. The van der Waals surface area contributed by atoms with Crippen molar-refractivity contribution >= 4 is 18.0 Å². The topological polar surface area (TPSA) is 76.2 Å². The molecule has 134 valence electrons. The van der Waals surface area contributed by atoms with Gasteiger partial charge in [0.25, 0.3) is 5.91 Å². The molecular formula is C17H26N2O5. The van der Waals surface area contributed by atoms with Crippen molar-refractivity contribution in [2.24, 2.45) is 10.8 Å². The van der Waals surface area contributed by atoms with Gasteiger partial charge >= 0.3 is 12.1 Å². The van der Waals surface area contributed by atoms with Crippen LogP contribution in [0.2, 0.25) is 0 Å². The monoisotopic (exact) mass is 338 g/mol. The number of carbonyl (C=O) groups excluding carboxylic acids is 3. The molecule has 2 atom stereocenters. The van der Waals surface area contributed by atoms with Gasteiger partial charge in [-0.05, 0) is 26.7 Å². The van der Waals surface area contributed by atoms with Crippen molar-refractivity contribution in [1.29, 1.82) is 0 Å². The minimum absolute atomic E-state index is 0.120. The number of amides is 2. The molecule has 3 aliphatic rings. The number of carbonyl (C=O) groups is 3. The van der Waals surface area contributed by atoms with Crippen LogP contribution < -0.4 is 0 Å². The largest absolute Gasteiger partial charge is 0.450 e. The smallest absolute Gasteiger partial charge is 0.409 e. The molecule has 2 aliphatic heterocycles. The van der Waals surface area contributed by atoms with E-state index >= 15 is 0 Å². The van der Waals surface area contributed by atoms with Gasteiger partial charge in [0.1, 0.15) is 0 Å². The normalized spacial score (nSPS) is 34.2. The lowest BCUT2D eigenvalue weighted by Gasteiger charge is -2.41. The lowest BCUT2D eigenvalue weighted by atomic mass is 9.66. The maximum absolute atomic E-state index is 13.2. The third kappa shape index (κ3) is 1.99. The Bertz CT molecular complexity index is 582. The van der Waals surface area contributed by atoms with Crippen LogP contribution in [0.1, 0.15) is 40.5 Å². The van der Waals surface area contributed by atoms with Crippen molar-refractivity contribution < 1.29 is 23.9 Å². The molecule has 1 aliphatic carbocycles. The van der Waals surface area contributed by atoms with Crippen molar-refractivity contribution in [1.82, 2.24) is 9.80 Å². The van der Waals surface area contributed by atoms with Gasteiger partial charge < -0.3 is 19.3 Å². The lowest BCUT2D eigenvalue weighted by Crippen LogP contribution is -2.59. The quantitative estimate of drug-likeness (QED) is 0.712. The van der Waals surface area contributed by atoms with E-state index in [9.17, 15) is 14.4 Å². The summed E-state index contributed by atoms with van der Waals surface area (Å²) < 4.78 is 10.7. The zero-order valence-corrected chi connectivity index (χ0v) is 14.9. The maximum atomic E-state index is 13.2. The van der Waals surface area contributed by atoms with Gasteiger partial charge in [-0.3, -0.25) is 9.59 Å². The summed E-state index contributed by atoms with van der Waals surface area (Å²) in [6.45, 7) is 9.66. The molecule has 0 aromatic rings. The molecule has 2 bridgehead atoms.